The second-order valence-corrected chi connectivity index (χ2v) is 4.88. The van der Waals surface area contributed by atoms with Crippen molar-refractivity contribution in [1.29, 1.82) is 0 Å². The van der Waals surface area contributed by atoms with Crippen LogP contribution in [0.15, 0.2) is 42.7 Å². The predicted octanol–water partition coefficient (Wildman–Crippen LogP) is 2.54. The Morgan fingerprint density at radius 2 is 2.12 bits per heavy atom. The van der Waals surface area contributed by atoms with E-state index in [-0.39, 0.29) is 0 Å². The Balaban J connectivity index is 2.11. The molecule has 3 nitrogen and oxygen atoms in total. The number of thioether (sulfide) groups is 1. The van der Waals surface area contributed by atoms with Crippen LogP contribution in [-0.2, 0) is 7.05 Å². The van der Waals surface area contributed by atoms with Gasteiger partial charge in [0, 0.05) is 19.4 Å². The first-order chi connectivity index (χ1) is 8.36. The van der Waals surface area contributed by atoms with Gasteiger partial charge in [0.15, 0.2) is 0 Å². The van der Waals surface area contributed by atoms with Crippen LogP contribution >= 0.6 is 11.8 Å². The van der Waals surface area contributed by atoms with Crippen LogP contribution in [0.2, 0.25) is 0 Å². The van der Waals surface area contributed by atoms with Crippen LogP contribution in [0.4, 0.5) is 0 Å². The van der Waals surface area contributed by atoms with Crippen LogP contribution in [-0.4, -0.2) is 15.4 Å². The molecule has 0 unspecified atom stereocenters. The van der Waals surface area contributed by atoms with Gasteiger partial charge in [0.2, 0.25) is 0 Å². The zero-order valence-corrected chi connectivity index (χ0v) is 10.4. The van der Waals surface area contributed by atoms with Crippen molar-refractivity contribution in [3.63, 3.8) is 0 Å². The Bertz CT molecular complexity index is 557. The summed E-state index contributed by atoms with van der Waals surface area (Å²) < 4.78 is 2.05. The van der Waals surface area contributed by atoms with Crippen molar-refractivity contribution >= 4 is 22.4 Å². The second-order valence-electron chi connectivity index (χ2n) is 3.90. The largest absolute Gasteiger partial charge is 0.374 e. The maximum absolute atomic E-state index is 4.42. The monoisotopic (exact) mass is 243 g/mol. The number of hydrogen-bond acceptors (Lipinski definition) is 3. The van der Waals surface area contributed by atoms with Crippen LogP contribution in [0, 0.1) is 0 Å². The lowest BCUT2D eigenvalue weighted by atomic mass is 10.1. The van der Waals surface area contributed by atoms with E-state index in [0.717, 1.165) is 11.7 Å². The summed E-state index contributed by atoms with van der Waals surface area (Å²) in [6, 6.07) is 10.4. The minimum Gasteiger partial charge on any atom is -0.374 e. The highest BCUT2D eigenvalue weighted by atomic mass is 32.2. The van der Waals surface area contributed by atoms with Crippen molar-refractivity contribution in [1.82, 2.24) is 14.9 Å². The molecule has 86 valence electrons. The van der Waals surface area contributed by atoms with E-state index in [2.05, 4.69) is 39.1 Å². The fourth-order valence-electron chi connectivity index (χ4n) is 1.93. The highest BCUT2D eigenvalue weighted by Crippen LogP contribution is 2.37. The van der Waals surface area contributed by atoms with E-state index in [0.29, 0.717) is 0 Å². The van der Waals surface area contributed by atoms with E-state index in [1.807, 2.05) is 25.5 Å². The molecule has 0 atom stereocenters. The van der Waals surface area contributed by atoms with E-state index in [1.54, 1.807) is 11.8 Å². The summed E-state index contributed by atoms with van der Waals surface area (Å²) in [6.07, 6.45) is 3.81. The molecule has 0 saturated heterocycles. The third kappa shape index (κ3) is 1.85. The molecular weight excluding hydrogens is 230 g/mol. The number of benzene rings is 1. The molecule has 1 aromatic heterocycles. The first-order valence-electron chi connectivity index (χ1n) is 5.50. The summed E-state index contributed by atoms with van der Waals surface area (Å²) in [5.74, 6) is 1.94. The first-order valence-corrected chi connectivity index (χ1v) is 6.49. The Hall–Kier alpha value is -1.68. The van der Waals surface area contributed by atoms with Crippen molar-refractivity contribution < 1.29 is 0 Å². The molecule has 1 N–H and O–H groups in total. The Labute approximate surface area is 105 Å². The quantitative estimate of drug-likeness (QED) is 0.879. The topological polar surface area (TPSA) is 29.9 Å². The van der Waals surface area contributed by atoms with Crippen molar-refractivity contribution in [3.05, 3.63) is 54.1 Å². The van der Waals surface area contributed by atoms with E-state index >= 15 is 0 Å². The second kappa shape index (κ2) is 4.30. The molecule has 1 aromatic carbocycles. The third-order valence-corrected chi connectivity index (χ3v) is 3.74. The molecule has 1 aliphatic rings. The number of nitrogens with one attached hydrogen (secondary N) is 1. The van der Waals surface area contributed by atoms with Gasteiger partial charge in [-0.25, -0.2) is 4.98 Å². The van der Waals surface area contributed by atoms with Gasteiger partial charge in [-0.1, -0.05) is 42.1 Å². The SMILES string of the molecule is Cn1ccnc1C1=C(c2ccccc2)NCS1. The lowest BCUT2D eigenvalue weighted by molar-refractivity contribution is 0.895. The minimum absolute atomic E-state index is 0.909. The van der Waals surface area contributed by atoms with E-state index in [1.165, 1.54) is 16.2 Å². The van der Waals surface area contributed by atoms with Gasteiger partial charge in [-0.15, -0.1) is 0 Å². The number of nitrogens with zero attached hydrogens (tertiary/aromatic N) is 2. The van der Waals surface area contributed by atoms with Gasteiger partial charge < -0.3 is 9.88 Å². The molecule has 1 aliphatic heterocycles. The molecule has 0 saturated carbocycles. The van der Waals surface area contributed by atoms with Crippen LogP contribution in [0.3, 0.4) is 0 Å². The average Bonchev–Trinajstić information content (AvgIpc) is 2.98. The molecule has 4 heteroatoms. The summed E-state index contributed by atoms with van der Waals surface area (Å²) in [7, 11) is 2.02. The minimum atomic E-state index is 0.909. The highest BCUT2D eigenvalue weighted by Gasteiger charge is 2.20. The van der Waals surface area contributed by atoms with Crippen LogP contribution in [0.1, 0.15) is 11.4 Å². The van der Waals surface area contributed by atoms with Crippen LogP contribution < -0.4 is 5.32 Å². The third-order valence-electron chi connectivity index (χ3n) is 2.78. The van der Waals surface area contributed by atoms with Gasteiger partial charge >= 0.3 is 0 Å². The van der Waals surface area contributed by atoms with Crippen molar-refractivity contribution in [2.75, 3.05) is 5.88 Å². The Kier molecular flexibility index (Phi) is 2.65. The highest BCUT2D eigenvalue weighted by molar-refractivity contribution is 8.08. The first kappa shape index (κ1) is 10.5. The summed E-state index contributed by atoms with van der Waals surface area (Å²) in [6.45, 7) is 0. The van der Waals surface area contributed by atoms with Crippen molar-refractivity contribution in [3.8, 4) is 0 Å². The predicted molar refractivity (Wildman–Crippen MR) is 72.1 cm³/mol. The number of imidazole rings is 1. The molecule has 2 heterocycles. The molecular formula is C13H13N3S. The van der Waals surface area contributed by atoms with Gasteiger partial charge in [-0.3, -0.25) is 0 Å². The number of aryl methyl sites for hydroxylation is 1. The zero-order chi connectivity index (χ0) is 11.7. The maximum Gasteiger partial charge on any atom is 0.148 e. The fraction of sp³-hybridized carbons (Fsp3) is 0.154. The smallest absolute Gasteiger partial charge is 0.148 e. The summed E-state index contributed by atoms with van der Waals surface area (Å²) in [4.78, 5) is 5.64. The van der Waals surface area contributed by atoms with Crippen LogP contribution in [0.5, 0.6) is 0 Å². The Morgan fingerprint density at radius 1 is 1.29 bits per heavy atom. The summed E-state index contributed by atoms with van der Waals surface area (Å²) in [5.41, 5.74) is 2.40. The van der Waals surface area contributed by atoms with E-state index < -0.39 is 0 Å². The normalized spacial score (nSPS) is 15.1. The standard InChI is InChI=1S/C13H13N3S/c1-16-8-7-14-13(16)12-11(15-9-17-12)10-5-3-2-4-6-10/h2-8,15H,9H2,1H3. The van der Waals surface area contributed by atoms with Crippen molar-refractivity contribution in [2.24, 2.45) is 7.05 Å². The average molecular weight is 243 g/mol. The Morgan fingerprint density at radius 3 is 2.82 bits per heavy atom. The molecule has 2 aromatic rings. The molecule has 0 radical (unpaired) electrons. The van der Waals surface area contributed by atoms with Crippen LogP contribution in [0.25, 0.3) is 10.6 Å². The summed E-state index contributed by atoms with van der Waals surface area (Å²) >= 11 is 1.80. The van der Waals surface area contributed by atoms with E-state index in [4.69, 9.17) is 0 Å². The number of aromatic nitrogens is 2. The molecule has 0 bridgehead atoms. The molecule has 3 rings (SSSR count). The molecule has 0 spiro atoms. The number of rotatable bonds is 2. The van der Waals surface area contributed by atoms with Gasteiger partial charge in [0.05, 0.1) is 16.5 Å². The lowest BCUT2D eigenvalue weighted by Crippen LogP contribution is -2.05. The van der Waals surface area contributed by atoms with E-state index in [9.17, 15) is 0 Å². The molecule has 17 heavy (non-hydrogen) atoms. The van der Waals surface area contributed by atoms with Gasteiger partial charge in [0.1, 0.15) is 5.82 Å². The molecule has 0 fully saturated rings. The molecule has 0 amide bonds. The maximum atomic E-state index is 4.42. The lowest BCUT2D eigenvalue weighted by Gasteiger charge is -2.06. The van der Waals surface area contributed by atoms with Gasteiger partial charge in [-0.2, -0.15) is 0 Å². The zero-order valence-electron chi connectivity index (χ0n) is 9.55. The van der Waals surface area contributed by atoms with Crippen molar-refractivity contribution in [2.45, 2.75) is 0 Å². The number of hydrogen-bond donors (Lipinski definition) is 1. The molecule has 0 aliphatic carbocycles. The van der Waals surface area contributed by atoms with Gasteiger partial charge in [-0.05, 0) is 5.56 Å². The fourth-order valence-corrected chi connectivity index (χ4v) is 2.95. The summed E-state index contributed by atoms with van der Waals surface area (Å²) in [5, 5.41) is 3.43. The van der Waals surface area contributed by atoms with Gasteiger partial charge in [0.25, 0.3) is 0 Å².